The lowest BCUT2D eigenvalue weighted by molar-refractivity contribution is -0.119. The SMILES string of the molecule is CCCC(C)CCCC(=O)N(c1cc(C2=CCCCC2)sc1C(=O)O)C1CCC(n2ccnn2)CC1. The van der Waals surface area contributed by atoms with Crippen LogP contribution in [0.1, 0.15) is 118 Å². The molecule has 1 fully saturated rings. The zero-order valence-electron chi connectivity index (χ0n) is 21.7. The highest BCUT2D eigenvalue weighted by Crippen LogP contribution is 2.41. The van der Waals surface area contributed by atoms with Crippen molar-refractivity contribution in [3.05, 3.63) is 34.3 Å². The zero-order chi connectivity index (χ0) is 25.5. The maximum Gasteiger partial charge on any atom is 0.348 e. The Morgan fingerprint density at radius 3 is 2.67 bits per heavy atom. The van der Waals surface area contributed by atoms with E-state index in [9.17, 15) is 14.7 Å². The Kier molecular flexibility index (Phi) is 9.35. The monoisotopic (exact) mass is 512 g/mol. The van der Waals surface area contributed by atoms with Gasteiger partial charge in [-0.1, -0.05) is 44.4 Å². The molecule has 0 radical (unpaired) electrons. The first-order valence-corrected chi connectivity index (χ1v) is 14.5. The quantitative estimate of drug-likeness (QED) is 0.346. The third kappa shape index (κ3) is 6.44. The Morgan fingerprint density at radius 1 is 1.22 bits per heavy atom. The molecule has 8 heteroatoms. The number of thiophene rings is 1. The van der Waals surface area contributed by atoms with Crippen molar-refractivity contribution in [1.82, 2.24) is 15.0 Å². The summed E-state index contributed by atoms with van der Waals surface area (Å²) in [6, 6.07) is 2.28. The maximum absolute atomic E-state index is 13.7. The number of carbonyl (C=O) groups is 2. The van der Waals surface area contributed by atoms with Crippen molar-refractivity contribution < 1.29 is 14.7 Å². The van der Waals surface area contributed by atoms with Gasteiger partial charge in [-0.25, -0.2) is 9.48 Å². The first-order valence-electron chi connectivity index (χ1n) is 13.7. The number of aromatic carboxylic acids is 1. The first-order chi connectivity index (χ1) is 17.5. The first kappa shape index (κ1) is 26.6. The minimum absolute atomic E-state index is 0.00576. The molecule has 1 N–H and O–H groups in total. The highest BCUT2D eigenvalue weighted by atomic mass is 32.1. The maximum atomic E-state index is 13.7. The number of allylic oxidation sites excluding steroid dienone is 2. The zero-order valence-corrected chi connectivity index (χ0v) is 22.5. The van der Waals surface area contributed by atoms with Gasteiger partial charge in [0.25, 0.3) is 0 Å². The summed E-state index contributed by atoms with van der Waals surface area (Å²) in [5.41, 5.74) is 1.83. The average Bonchev–Trinajstić information content (AvgIpc) is 3.57. The number of carbonyl (C=O) groups excluding carboxylic acids is 1. The number of nitrogens with zero attached hydrogens (tertiary/aromatic N) is 4. The number of hydrogen-bond donors (Lipinski definition) is 1. The van der Waals surface area contributed by atoms with Crippen molar-refractivity contribution in [1.29, 1.82) is 0 Å². The fourth-order valence-corrected chi connectivity index (χ4v) is 6.88. The normalized spacial score (nSPS) is 21.1. The lowest BCUT2D eigenvalue weighted by Crippen LogP contribution is -2.43. The summed E-state index contributed by atoms with van der Waals surface area (Å²) in [5.74, 6) is -0.273. The van der Waals surface area contributed by atoms with E-state index in [1.165, 1.54) is 29.8 Å². The molecule has 0 aliphatic heterocycles. The fourth-order valence-electron chi connectivity index (χ4n) is 5.82. The Balaban J connectivity index is 1.58. The van der Waals surface area contributed by atoms with Crippen LogP contribution in [0.5, 0.6) is 0 Å². The molecule has 2 aliphatic carbocycles. The van der Waals surface area contributed by atoms with Crippen molar-refractivity contribution in [3.8, 4) is 0 Å². The van der Waals surface area contributed by atoms with E-state index in [-0.39, 0.29) is 18.0 Å². The van der Waals surface area contributed by atoms with Crippen LogP contribution in [0.4, 0.5) is 5.69 Å². The third-order valence-corrected chi connectivity index (χ3v) is 8.95. The van der Waals surface area contributed by atoms with Crippen molar-refractivity contribution >= 4 is 34.5 Å². The van der Waals surface area contributed by atoms with E-state index in [1.54, 1.807) is 6.20 Å². The molecule has 2 heterocycles. The fraction of sp³-hybridized carbons (Fsp3) is 0.643. The van der Waals surface area contributed by atoms with Crippen LogP contribution in [0.25, 0.3) is 5.57 Å². The van der Waals surface area contributed by atoms with Crippen LogP contribution in [0, 0.1) is 5.92 Å². The second kappa shape index (κ2) is 12.7. The van der Waals surface area contributed by atoms with Crippen LogP contribution < -0.4 is 4.90 Å². The number of aromatic nitrogens is 3. The number of amides is 1. The lowest BCUT2D eigenvalue weighted by Gasteiger charge is -2.37. The lowest BCUT2D eigenvalue weighted by atomic mass is 9.89. The standard InChI is InChI=1S/C28H40N4O3S/c1-3-8-20(2)9-7-12-26(33)32(23-15-13-22(14-16-23)31-18-17-29-30-31)24-19-25(36-27(24)28(34)35)21-10-5-4-6-11-21/h10,17-20,22-23H,3-9,11-16H2,1-2H3,(H,34,35). The second-order valence-corrected chi connectivity index (χ2v) is 11.6. The highest BCUT2D eigenvalue weighted by molar-refractivity contribution is 7.15. The number of rotatable bonds is 11. The Hall–Kier alpha value is -2.48. The smallest absolute Gasteiger partial charge is 0.348 e. The molecule has 196 valence electrons. The van der Waals surface area contributed by atoms with E-state index < -0.39 is 5.97 Å². The highest BCUT2D eigenvalue weighted by Gasteiger charge is 2.34. The molecule has 2 aromatic rings. The minimum atomic E-state index is -0.941. The number of carboxylic acids is 1. The van der Waals surface area contributed by atoms with E-state index in [4.69, 9.17) is 0 Å². The largest absolute Gasteiger partial charge is 0.477 e. The summed E-state index contributed by atoms with van der Waals surface area (Å²) >= 11 is 1.33. The molecule has 0 bridgehead atoms. The molecule has 2 aromatic heterocycles. The van der Waals surface area contributed by atoms with E-state index >= 15 is 0 Å². The van der Waals surface area contributed by atoms with Crippen LogP contribution in [0.15, 0.2) is 24.5 Å². The second-order valence-electron chi connectivity index (χ2n) is 10.5. The van der Waals surface area contributed by atoms with Gasteiger partial charge >= 0.3 is 5.97 Å². The molecule has 0 spiro atoms. The predicted octanol–water partition coefficient (Wildman–Crippen LogP) is 7.12. The molecule has 4 rings (SSSR count). The molecule has 1 amide bonds. The van der Waals surface area contributed by atoms with Crippen molar-refractivity contribution in [2.75, 3.05) is 4.90 Å². The van der Waals surface area contributed by atoms with Crippen molar-refractivity contribution in [2.24, 2.45) is 5.92 Å². The van der Waals surface area contributed by atoms with Crippen LogP contribution in [-0.4, -0.2) is 38.0 Å². The molecule has 1 saturated carbocycles. The molecular formula is C28H40N4O3S. The van der Waals surface area contributed by atoms with E-state index in [0.717, 1.165) is 69.1 Å². The molecule has 1 atom stereocenters. The van der Waals surface area contributed by atoms with E-state index in [1.807, 2.05) is 21.8 Å². The Labute approximate surface area is 218 Å². The van der Waals surface area contributed by atoms with Gasteiger partial charge in [0.1, 0.15) is 4.88 Å². The van der Waals surface area contributed by atoms with Gasteiger partial charge in [-0.05, 0) is 75.3 Å². The van der Waals surface area contributed by atoms with Gasteiger partial charge in [-0.15, -0.1) is 16.4 Å². The Bertz CT molecular complexity index is 1040. The predicted molar refractivity (Wildman–Crippen MR) is 144 cm³/mol. The van der Waals surface area contributed by atoms with Gasteiger partial charge in [0.2, 0.25) is 5.91 Å². The molecule has 0 aromatic carbocycles. The molecular weight excluding hydrogens is 472 g/mol. The molecule has 1 unspecified atom stereocenters. The molecule has 0 saturated heterocycles. The average molecular weight is 513 g/mol. The van der Waals surface area contributed by atoms with Crippen LogP contribution >= 0.6 is 11.3 Å². The summed E-state index contributed by atoms with van der Waals surface area (Å²) in [6.45, 7) is 4.45. The molecule has 2 aliphatic rings. The van der Waals surface area contributed by atoms with Gasteiger partial charge in [0.15, 0.2) is 0 Å². The summed E-state index contributed by atoms with van der Waals surface area (Å²) in [4.78, 5) is 29.3. The van der Waals surface area contributed by atoms with E-state index in [0.29, 0.717) is 22.9 Å². The molecule has 36 heavy (non-hydrogen) atoms. The van der Waals surface area contributed by atoms with Crippen molar-refractivity contribution in [3.63, 3.8) is 0 Å². The Morgan fingerprint density at radius 2 is 2.03 bits per heavy atom. The van der Waals surface area contributed by atoms with E-state index in [2.05, 4.69) is 30.2 Å². The summed E-state index contributed by atoms with van der Waals surface area (Å²) in [5, 5.41) is 18.2. The van der Waals surface area contributed by atoms with Crippen LogP contribution in [0.3, 0.4) is 0 Å². The van der Waals surface area contributed by atoms with Gasteiger partial charge in [0, 0.05) is 23.5 Å². The summed E-state index contributed by atoms with van der Waals surface area (Å²) < 4.78 is 1.92. The van der Waals surface area contributed by atoms with Crippen molar-refractivity contribution in [2.45, 2.75) is 109 Å². The van der Waals surface area contributed by atoms with Gasteiger partial charge in [0.05, 0.1) is 17.9 Å². The number of anilines is 1. The van der Waals surface area contributed by atoms with Gasteiger partial charge in [-0.3, -0.25) is 4.79 Å². The number of carboxylic acid groups (broad SMARTS) is 1. The van der Waals surface area contributed by atoms with Gasteiger partial charge < -0.3 is 10.0 Å². The third-order valence-electron chi connectivity index (χ3n) is 7.76. The molecule has 7 nitrogen and oxygen atoms in total. The summed E-state index contributed by atoms with van der Waals surface area (Å²) in [6.07, 6.45) is 18.3. The van der Waals surface area contributed by atoms with Crippen LogP contribution in [0.2, 0.25) is 0 Å². The number of hydrogen-bond acceptors (Lipinski definition) is 5. The summed E-state index contributed by atoms with van der Waals surface area (Å²) in [7, 11) is 0. The minimum Gasteiger partial charge on any atom is -0.477 e. The van der Waals surface area contributed by atoms with Gasteiger partial charge in [-0.2, -0.15) is 0 Å². The topological polar surface area (TPSA) is 88.3 Å². The van der Waals surface area contributed by atoms with Crippen LogP contribution in [-0.2, 0) is 4.79 Å².